The van der Waals surface area contributed by atoms with Gasteiger partial charge in [0.15, 0.2) is 6.29 Å². The molecule has 0 saturated heterocycles. The number of halogens is 3. The maximum absolute atomic E-state index is 13.8. The number of benzene rings is 1. The molecule has 0 bridgehead atoms. The highest BCUT2D eigenvalue weighted by Gasteiger charge is 2.25. The molecule has 106 valence electrons. The number of nitrogens with zero attached hydrogens (tertiary/aromatic N) is 2. The summed E-state index contributed by atoms with van der Waals surface area (Å²) < 4.78 is 28.2. The van der Waals surface area contributed by atoms with Crippen molar-refractivity contribution in [3.05, 3.63) is 40.6 Å². The number of carbonyl (C=O) groups excluding carboxylic acids is 1. The van der Waals surface area contributed by atoms with E-state index in [1.54, 1.807) is 0 Å². The molecule has 6 heteroatoms. The lowest BCUT2D eigenvalue weighted by molar-refractivity contribution is 0.112. The van der Waals surface area contributed by atoms with Crippen molar-refractivity contribution in [2.75, 3.05) is 0 Å². The maximum atomic E-state index is 13.8. The average molecular weight is 299 g/mol. The molecule has 2 rings (SSSR count). The van der Waals surface area contributed by atoms with E-state index in [1.807, 2.05) is 20.8 Å². The summed E-state index contributed by atoms with van der Waals surface area (Å²) in [6.45, 7) is 5.56. The maximum Gasteiger partial charge on any atom is 0.155 e. The minimum absolute atomic E-state index is 0.0402. The summed E-state index contributed by atoms with van der Waals surface area (Å²) in [5.41, 5.74) is -0.230. The summed E-state index contributed by atoms with van der Waals surface area (Å²) in [6.07, 6.45) is 0.524. The number of carbonyl (C=O) groups is 1. The lowest BCUT2D eigenvalue weighted by Gasteiger charge is -2.20. The summed E-state index contributed by atoms with van der Waals surface area (Å²) in [5, 5.41) is 4.33. The van der Waals surface area contributed by atoms with Gasteiger partial charge in [0, 0.05) is 11.6 Å². The highest BCUT2D eigenvalue weighted by Crippen LogP contribution is 2.32. The van der Waals surface area contributed by atoms with E-state index in [1.165, 1.54) is 10.7 Å². The molecule has 1 aromatic heterocycles. The van der Waals surface area contributed by atoms with Crippen LogP contribution >= 0.6 is 11.6 Å². The van der Waals surface area contributed by atoms with Crippen molar-refractivity contribution in [3.63, 3.8) is 0 Å². The van der Waals surface area contributed by atoms with E-state index in [4.69, 9.17) is 11.6 Å². The zero-order valence-electron chi connectivity index (χ0n) is 11.2. The first-order valence-corrected chi connectivity index (χ1v) is 6.33. The van der Waals surface area contributed by atoms with Crippen LogP contribution in [0.4, 0.5) is 8.78 Å². The SMILES string of the molecule is CC(C)(C)n1nc(-c2ccc(F)cc2F)c(C=O)c1Cl. The Balaban J connectivity index is 2.71. The fourth-order valence-corrected chi connectivity index (χ4v) is 2.26. The summed E-state index contributed by atoms with van der Waals surface area (Å²) in [7, 11) is 0. The monoisotopic (exact) mass is 298 g/mol. The van der Waals surface area contributed by atoms with E-state index in [0.29, 0.717) is 6.29 Å². The third-order valence-electron chi connectivity index (χ3n) is 2.80. The zero-order valence-corrected chi connectivity index (χ0v) is 12.0. The molecular weight excluding hydrogens is 286 g/mol. The second-order valence-electron chi connectivity index (χ2n) is 5.38. The largest absolute Gasteiger partial charge is 0.298 e. The van der Waals surface area contributed by atoms with E-state index in [2.05, 4.69) is 5.10 Å². The summed E-state index contributed by atoms with van der Waals surface area (Å²) in [4.78, 5) is 11.2. The number of aromatic nitrogens is 2. The highest BCUT2D eigenvalue weighted by atomic mass is 35.5. The predicted octanol–water partition coefficient (Wildman–Crippen LogP) is 4.05. The van der Waals surface area contributed by atoms with Gasteiger partial charge >= 0.3 is 0 Å². The third-order valence-corrected chi connectivity index (χ3v) is 3.17. The molecule has 0 atom stereocenters. The third kappa shape index (κ3) is 2.45. The van der Waals surface area contributed by atoms with Crippen LogP contribution in [0.1, 0.15) is 31.1 Å². The first kappa shape index (κ1) is 14.7. The second kappa shape index (κ2) is 4.98. The molecule has 0 saturated carbocycles. The van der Waals surface area contributed by atoms with Crippen LogP contribution in [0.2, 0.25) is 5.15 Å². The minimum Gasteiger partial charge on any atom is -0.298 e. The van der Waals surface area contributed by atoms with Gasteiger partial charge in [0.25, 0.3) is 0 Å². The summed E-state index contributed by atoms with van der Waals surface area (Å²) >= 11 is 6.12. The number of rotatable bonds is 2. The van der Waals surface area contributed by atoms with Crippen molar-refractivity contribution in [2.24, 2.45) is 0 Å². The fourth-order valence-electron chi connectivity index (χ4n) is 1.84. The van der Waals surface area contributed by atoms with Crippen molar-refractivity contribution in [3.8, 4) is 11.3 Å². The van der Waals surface area contributed by atoms with E-state index >= 15 is 0 Å². The lowest BCUT2D eigenvalue weighted by Crippen LogP contribution is -2.23. The number of hydrogen-bond donors (Lipinski definition) is 0. The summed E-state index contributed by atoms with van der Waals surface area (Å²) in [5.74, 6) is -1.48. The van der Waals surface area contributed by atoms with Gasteiger partial charge in [-0.1, -0.05) is 11.6 Å². The standard InChI is InChI=1S/C14H13ClF2N2O/c1-14(2,3)19-13(15)10(7-20)12(18-19)9-5-4-8(16)6-11(9)17/h4-7H,1-3H3. The molecule has 0 amide bonds. The molecule has 0 radical (unpaired) electrons. The molecule has 1 heterocycles. The van der Waals surface area contributed by atoms with Crippen LogP contribution in [0.25, 0.3) is 11.3 Å². The number of hydrogen-bond acceptors (Lipinski definition) is 2. The normalized spacial score (nSPS) is 11.7. The molecule has 3 nitrogen and oxygen atoms in total. The van der Waals surface area contributed by atoms with Gasteiger partial charge in [0.2, 0.25) is 0 Å². The van der Waals surface area contributed by atoms with Crippen LogP contribution < -0.4 is 0 Å². The molecular formula is C14H13ClF2N2O. The van der Waals surface area contributed by atoms with E-state index < -0.39 is 17.2 Å². The van der Waals surface area contributed by atoms with Crippen LogP contribution in [-0.2, 0) is 5.54 Å². The van der Waals surface area contributed by atoms with Gasteiger partial charge in [-0.05, 0) is 32.9 Å². The molecule has 20 heavy (non-hydrogen) atoms. The molecule has 0 fully saturated rings. The van der Waals surface area contributed by atoms with Gasteiger partial charge in [-0.25, -0.2) is 13.5 Å². The smallest absolute Gasteiger partial charge is 0.155 e. The second-order valence-corrected chi connectivity index (χ2v) is 5.74. The Hall–Kier alpha value is -1.75. The molecule has 0 aliphatic rings. The van der Waals surface area contributed by atoms with E-state index in [9.17, 15) is 13.6 Å². The Morgan fingerprint density at radius 2 is 1.95 bits per heavy atom. The van der Waals surface area contributed by atoms with Crippen molar-refractivity contribution < 1.29 is 13.6 Å². The highest BCUT2D eigenvalue weighted by molar-refractivity contribution is 6.32. The molecule has 0 spiro atoms. The molecule has 0 aliphatic heterocycles. The first-order chi connectivity index (χ1) is 9.25. The molecule has 0 aliphatic carbocycles. The lowest BCUT2D eigenvalue weighted by atomic mass is 10.1. The van der Waals surface area contributed by atoms with Crippen LogP contribution in [0.15, 0.2) is 18.2 Å². The quantitative estimate of drug-likeness (QED) is 0.784. The Kier molecular flexibility index (Phi) is 3.65. The minimum atomic E-state index is -0.789. The average Bonchev–Trinajstić information content (AvgIpc) is 2.65. The van der Waals surface area contributed by atoms with E-state index in [0.717, 1.165) is 12.1 Å². The van der Waals surface area contributed by atoms with Crippen LogP contribution in [-0.4, -0.2) is 16.1 Å². The van der Waals surface area contributed by atoms with Gasteiger partial charge in [0.1, 0.15) is 22.5 Å². The zero-order chi connectivity index (χ0) is 15.1. The van der Waals surface area contributed by atoms with Gasteiger partial charge in [0.05, 0.1) is 11.1 Å². The van der Waals surface area contributed by atoms with Crippen LogP contribution in [0.5, 0.6) is 0 Å². The van der Waals surface area contributed by atoms with Gasteiger partial charge in [-0.15, -0.1) is 0 Å². The van der Waals surface area contributed by atoms with Crippen LogP contribution in [0.3, 0.4) is 0 Å². The van der Waals surface area contributed by atoms with Crippen molar-refractivity contribution in [2.45, 2.75) is 26.3 Å². The van der Waals surface area contributed by atoms with Gasteiger partial charge in [-0.2, -0.15) is 5.10 Å². The van der Waals surface area contributed by atoms with Crippen molar-refractivity contribution in [1.82, 2.24) is 9.78 Å². The van der Waals surface area contributed by atoms with Crippen molar-refractivity contribution in [1.29, 1.82) is 0 Å². The Bertz CT molecular complexity index is 675. The van der Waals surface area contributed by atoms with E-state index in [-0.39, 0.29) is 22.0 Å². The van der Waals surface area contributed by atoms with Crippen molar-refractivity contribution >= 4 is 17.9 Å². The van der Waals surface area contributed by atoms with Crippen LogP contribution in [0, 0.1) is 11.6 Å². The topological polar surface area (TPSA) is 34.9 Å². The first-order valence-electron chi connectivity index (χ1n) is 5.95. The fraction of sp³-hybridized carbons (Fsp3) is 0.286. The summed E-state index contributed by atoms with van der Waals surface area (Å²) in [6, 6.07) is 3.09. The Morgan fingerprint density at radius 3 is 2.45 bits per heavy atom. The molecule has 0 N–H and O–H groups in total. The Labute approximate surface area is 120 Å². The van der Waals surface area contributed by atoms with Gasteiger partial charge < -0.3 is 0 Å². The predicted molar refractivity (Wildman–Crippen MR) is 73.0 cm³/mol. The molecule has 1 aromatic carbocycles. The molecule has 0 unspecified atom stereocenters. The van der Waals surface area contributed by atoms with Gasteiger partial charge in [-0.3, -0.25) is 4.79 Å². The molecule has 2 aromatic rings. The number of aldehydes is 1. The Morgan fingerprint density at radius 1 is 1.30 bits per heavy atom.